The van der Waals surface area contributed by atoms with Crippen molar-refractivity contribution in [3.05, 3.63) is 17.0 Å². The summed E-state index contributed by atoms with van der Waals surface area (Å²) in [4.78, 5) is 20.0. The van der Waals surface area contributed by atoms with Gasteiger partial charge in [-0.1, -0.05) is 0 Å². The quantitative estimate of drug-likeness (QED) is 0.730. The second-order valence-electron chi connectivity index (χ2n) is 8.57. The number of piperazine rings is 1. The van der Waals surface area contributed by atoms with Crippen LogP contribution in [0.1, 0.15) is 42.6 Å². The van der Waals surface area contributed by atoms with Gasteiger partial charge in [-0.2, -0.15) is 5.10 Å². The number of H-pyrrole nitrogens is 1. The van der Waals surface area contributed by atoms with Crippen molar-refractivity contribution in [3.8, 4) is 0 Å². The number of nitrogens with one attached hydrogen (secondary N) is 1. The molecule has 1 aromatic rings. The lowest BCUT2D eigenvalue weighted by Gasteiger charge is -2.46. The monoisotopic (exact) mass is 391 g/mol. The Labute approximate surface area is 169 Å². The number of likely N-dealkylation sites (tertiary alicyclic amines) is 1. The average molecular weight is 392 g/mol. The minimum atomic E-state index is 0.235. The predicted molar refractivity (Wildman–Crippen MR) is 110 cm³/mol. The molecular weight excluding hydrogens is 354 g/mol. The number of hydrogen-bond donors (Lipinski definition) is 2. The third-order valence-electron chi connectivity index (χ3n) is 6.66. The first kappa shape index (κ1) is 21.3. The molecule has 2 N–H and O–H groups in total. The Bertz CT molecular complexity index is 619. The first-order valence-corrected chi connectivity index (χ1v) is 10.8. The summed E-state index contributed by atoms with van der Waals surface area (Å²) in [6.45, 7) is 10.4. The predicted octanol–water partition coefficient (Wildman–Crippen LogP) is 1.20. The molecule has 0 unspecified atom stereocenters. The molecule has 7 nitrogen and oxygen atoms in total. The number of aliphatic hydroxyl groups excluding tert-OH is 1. The third-order valence-corrected chi connectivity index (χ3v) is 6.66. The minimum Gasteiger partial charge on any atom is -0.396 e. The van der Waals surface area contributed by atoms with E-state index in [4.69, 9.17) is 0 Å². The number of carbonyl (C=O) groups is 1. The third kappa shape index (κ3) is 5.13. The Morgan fingerprint density at radius 1 is 1.21 bits per heavy atom. The summed E-state index contributed by atoms with van der Waals surface area (Å²) < 4.78 is 0. The Morgan fingerprint density at radius 2 is 1.96 bits per heavy atom. The van der Waals surface area contributed by atoms with Crippen molar-refractivity contribution in [1.82, 2.24) is 24.9 Å². The summed E-state index contributed by atoms with van der Waals surface area (Å²) >= 11 is 0. The van der Waals surface area contributed by atoms with Gasteiger partial charge in [-0.25, -0.2) is 0 Å². The van der Waals surface area contributed by atoms with Gasteiger partial charge in [-0.15, -0.1) is 0 Å². The van der Waals surface area contributed by atoms with Gasteiger partial charge < -0.3 is 14.9 Å². The van der Waals surface area contributed by atoms with Crippen LogP contribution in [-0.4, -0.2) is 94.9 Å². The van der Waals surface area contributed by atoms with E-state index in [-0.39, 0.29) is 12.5 Å². The number of amides is 1. The van der Waals surface area contributed by atoms with E-state index in [1.807, 2.05) is 13.8 Å². The fourth-order valence-electron chi connectivity index (χ4n) is 4.85. The molecule has 7 heteroatoms. The molecule has 2 aliphatic rings. The highest BCUT2D eigenvalue weighted by atomic mass is 16.3. The average Bonchev–Trinajstić information content (AvgIpc) is 3.02. The fraction of sp³-hybridized carbons (Fsp3) is 0.810. The summed E-state index contributed by atoms with van der Waals surface area (Å²) in [5.41, 5.74) is 3.25. The maximum absolute atomic E-state index is 12.9. The smallest absolute Gasteiger partial charge is 0.222 e. The molecule has 3 heterocycles. The van der Waals surface area contributed by atoms with Crippen LogP contribution in [0.2, 0.25) is 0 Å². The lowest BCUT2D eigenvalue weighted by atomic mass is 9.86. The normalized spacial score (nSPS) is 24.6. The van der Waals surface area contributed by atoms with Crippen molar-refractivity contribution < 1.29 is 9.90 Å². The largest absolute Gasteiger partial charge is 0.396 e. The van der Waals surface area contributed by atoms with Crippen LogP contribution in [0.5, 0.6) is 0 Å². The lowest BCUT2D eigenvalue weighted by Crippen LogP contribution is -2.57. The summed E-state index contributed by atoms with van der Waals surface area (Å²) in [5, 5.41) is 16.6. The Kier molecular flexibility index (Phi) is 7.48. The van der Waals surface area contributed by atoms with Crippen LogP contribution in [-0.2, 0) is 11.2 Å². The summed E-state index contributed by atoms with van der Waals surface area (Å²) in [6.07, 6.45) is 4.18. The molecule has 0 radical (unpaired) electrons. The van der Waals surface area contributed by atoms with Crippen LogP contribution in [0, 0.1) is 19.8 Å². The van der Waals surface area contributed by atoms with Crippen molar-refractivity contribution in [2.24, 2.45) is 5.92 Å². The van der Waals surface area contributed by atoms with Gasteiger partial charge in [-0.05, 0) is 58.1 Å². The molecule has 0 aliphatic carbocycles. The van der Waals surface area contributed by atoms with Gasteiger partial charge in [0.05, 0.1) is 5.69 Å². The fourth-order valence-corrected chi connectivity index (χ4v) is 4.85. The molecular formula is C21H37N5O2. The highest BCUT2D eigenvalue weighted by Crippen LogP contribution is 2.27. The van der Waals surface area contributed by atoms with E-state index in [0.29, 0.717) is 18.4 Å². The van der Waals surface area contributed by atoms with E-state index in [2.05, 4.69) is 31.9 Å². The summed E-state index contributed by atoms with van der Waals surface area (Å²) in [6, 6.07) is 0.544. The number of piperidine rings is 1. The second-order valence-corrected chi connectivity index (χ2v) is 8.57. The number of carbonyl (C=O) groups excluding carboxylic acids is 1. The van der Waals surface area contributed by atoms with Gasteiger partial charge >= 0.3 is 0 Å². The zero-order valence-electron chi connectivity index (χ0n) is 17.8. The van der Waals surface area contributed by atoms with E-state index < -0.39 is 0 Å². The zero-order chi connectivity index (χ0) is 20.1. The van der Waals surface area contributed by atoms with Crippen LogP contribution in [0.3, 0.4) is 0 Å². The number of aromatic nitrogens is 2. The van der Waals surface area contributed by atoms with E-state index in [9.17, 15) is 9.90 Å². The second kappa shape index (κ2) is 9.85. The van der Waals surface area contributed by atoms with Gasteiger partial charge in [0.15, 0.2) is 0 Å². The number of rotatable bonds is 7. The number of aryl methyl sites for hydroxylation is 2. The number of aromatic amines is 1. The maximum Gasteiger partial charge on any atom is 0.222 e. The molecule has 2 saturated heterocycles. The van der Waals surface area contributed by atoms with Gasteiger partial charge in [0.2, 0.25) is 5.91 Å². The van der Waals surface area contributed by atoms with Crippen LogP contribution in [0.25, 0.3) is 0 Å². The van der Waals surface area contributed by atoms with Crippen molar-refractivity contribution in [2.45, 2.75) is 52.0 Å². The van der Waals surface area contributed by atoms with E-state index >= 15 is 0 Å². The number of hydrogen-bond acceptors (Lipinski definition) is 5. The lowest BCUT2D eigenvalue weighted by molar-refractivity contribution is -0.134. The minimum absolute atomic E-state index is 0.235. The van der Waals surface area contributed by atoms with E-state index in [1.54, 1.807) is 0 Å². The molecule has 2 atom stereocenters. The van der Waals surface area contributed by atoms with Crippen molar-refractivity contribution in [1.29, 1.82) is 0 Å². The highest BCUT2D eigenvalue weighted by molar-refractivity contribution is 5.76. The first-order valence-electron chi connectivity index (χ1n) is 10.8. The first-order chi connectivity index (χ1) is 13.5. The molecule has 0 spiro atoms. The summed E-state index contributed by atoms with van der Waals surface area (Å²) in [7, 11) is 2.19. The summed E-state index contributed by atoms with van der Waals surface area (Å²) in [5.74, 6) is 0.719. The van der Waals surface area contributed by atoms with E-state index in [0.717, 1.165) is 76.3 Å². The molecule has 1 aromatic heterocycles. The molecule has 2 fully saturated rings. The molecule has 28 heavy (non-hydrogen) atoms. The Balaban J connectivity index is 1.57. The maximum atomic E-state index is 12.9. The molecule has 3 rings (SSSR count). The molecule has 2 aliphatic heterocycles. The van der Waals surface area contributed by atoms with Crippen LogP contribution in [0.15, 0.2) is 0 Å². The van der Waals surface area contributed by atoms with Gasteiger partial charge in [-0.3, -0.25) is 14.8 Å². The molecule has 158 valence electrons. The molecule has 1 amide bonds. The van der Waals surface area contributed by atoms with Crippen molar-refractivity contribution in [3.63, 3.8) is 0 Å². The zero-order valence-corrected chi connectivity index (χ0v) is 17.8. The Hall–Kier alpha value is -1.44. The Morgan fingerprint density at radius 3 is 2.61 bits per heavy atom. The van der Waals surface area contributed by atoms with Crippen molar-refractivity contribution in [2.75, 3.05) is 52.9 Å². The standard InChI is InChI=1S/C21H37N5O2/c1-16-19(17(2)23-22-16)6-7-21(28)26-9-8-20(18(15-26)5-4-14-27)25-12-10-24(3)11-13-25/h18,20,27H,4-15H2,1-3H3,(H,22,23)/t18-,20+/m0/s1. The SMILES string of the molecule is Cc1n[nH]c(C)c1CCC(=O)N1CC[C@@H](N2CCN(C)CC2)[C@@H](CCCO)C1. The van der Waals surface area contributed by atoms with E-state index in [1.165, 1.54) is 5.56 Å². The topological polar surface area (TPSA) is 75.7 Å². The number of nitrogens with zero attached hydrogens (tertiary/aromatic N) is 4. The molecule has 0 aromatic carbocycles. The van der Waals surface area contributed by atoms with Crippen LogP contribution >= 0.6 is 0 Å². The van der Waals surface area contributed by atoms with Gasteiger partial charge in [0.1, 0.15) is 0 Å². The number of likely N-dealkylation sites (N-methyl/N-ethyl adjacent to an activating group) is 1. The van der Waals surface area contributed by atoms with Crippen LogP contribution in [0.4, 0.5) is 0 Å². The van der Waals surface area contributed by atoms with Gasteiger partial charge in [0, 0.05) is 64.0 Å². The van der Waals surface area contributed by atoms with Crippen molar-refractivity contribution >= 4 is 5.91 Å². The molecule has 0 saturated carbocycles. The van der Waals surface area contributed by atoms with Crippen LogP contribution < -0.4 is 0 Å². The molecule has 0 bridgehead atoms. The van der Waals surface area contributed by atoms with Gasteiger partial charge in [0.25, 0.3) is 0 Å². The highest BCUT2D eigenvalue weighted by Gasteiger charge is 2.35. The number of aliphatic hydroxyl groups is 1.